The fourth-order valence-electron chi connectivity index (χ4n) is 2.74. The summed E-state index contributed by atoms with van der Waals surface area (Å²) in [5.74, 6) is 2.56. The van der Waals surface area contributed by atoms with Crippen LogP contribution in [0.25, 0.3) is 0 Å². The molecule has 1 rings (SSSR count). The highest BCUT2D eigenvalue weighted by molar-refractivity contribution is 4.94. The van der Waals surface area contributed by atoms with E-state index in [1.165, 1.54) is 24.8 Å². The van der Waals surface area contributed by atoms with Crippen molar-refractivity contribution in [1.29, 1.82) is 0 Å². The lowest BCUT2D eigenvalue weighted by Gasteiger charge is -2.38. The van der Waals surface area contributed by atoms with Crippen molar-refractivity contribution < 1.29 is 0 Å². The number of hydrogen-bond acceptors (Lipinski definition) is 1. The normalized spacial score (nSPS) is 31.9. The molecule has 0 bridgehead atoms. The van der Waals surface area contributed by atoms with Crippen molar-refractivity contribution in [1.82, 2.24) is 5.32 Å². The zero-order chi connectivity index (χ0) is 11.4. The summed E-state index contributed by atoms with van der Waals surface area (Å²) in [6.45, 7) is 14.1. The van der Waals surface area contributed by atoms with Crippen molar-refractivity contribution >= 4 is 0 Å². The Bertz CT molecular complexity index is 207. The Hall–Kier alpha value is -0.300. The Morgan fingerprint density at radius 1 is 1.40 bits per heavy atom. The summed E-state index contributed by atoms with van der Waals surface area (Å²) in [6, 6.07) is 0.713. The molecule has 15 heavy (non-hydrogen) atoms. The van der Waals surface area contributed by atoms with Crippen molar-refractivity contribution in [2.24, 2.45) is 17.8 Å². The third kappa shape index (κ3) is 3.98. The highest BCUT2D eigenvalue weighted by Gasteiger charge is 2.29. The van der Waals surface area contributed by atoms with E-state index >= 15 is 0 Å². The molecule has 1 N–H and O–H groups in total. The van der Waals surface area contributed by atoms with Crippen molar-refractivity contribution in [2.45, 2.75) is 53.0 Å². The van der Waals surface area contributed by atoms with Gasteiger partial charge in [0.15, 0.2) is 0 Å². The van der Waals surface area contributed by atoms with E-state index in [1.807, 2.05) is 0 Å². The lowest BCUT2D eigenvalue weighted by molar-refractivity contribution is 0.173. The quantitative estimate of drug-likeness (QED) is 0.697. The van der Waals surface area contributed by atoms with Crippen LogP contribution in [-0.2, 0) is 0 Å². The number of rotatable bonds is 4. The summed E-state index contributed by atoms with van der Waals surface area (Å²) in [5, 5.41) is 3.68. The first-order valence-corrected chi connectivity index (χ1v) is 6.38. The second-order valence-corrected chi connectivity index (χ2v) is 5.77. The van der Waals surface area contributed by atoms with Gasteiger partial charge >= 0.3 is 0 Å². The van der Waals surface area contributed by atoms with E-state index in [2.05, 4.69) is 39.6 Å². The Morgan fingerprint density at radius 3 is 2.60 bits per heavy atom. The third-order valence-corrected chi connectivity index (χ3v) is 3.69. The van der Waals surface area contributed by atoms with Gasteiger partial charge in [-0.1, -0.05) is 39.3 Å². The predicted molar refractivity (Wildman–Crippen MR) is 67.9 cm³/mol. The molecule has 0 aromatic carbocycles. The summed E-state index contributed by atoms with van der Waals surface area (Å²) in [4.78, 5) is 0. The second-order valence-electron chi connectivity index (χ2n) is 5.77. The molecule has 0 amide bonds. The van der Waals surface area contributed by atoms with Crippen LogP contribution < -0.4 is 5.32 Å². The van der Waals surface area contributed by atoms with E-state index in [1.54, 1.807) is 0 Å². The van der Waals surface area contributed by atoms with Crippen LogP contribution in [0.4, 0.5) is 0 Å². The van der Waals surface area contributed by atoms with Crippen LogP contribution in [0, 0.1) is 17.8 Å². The van der Waals surface area contributed by atoms with Crippen LogP contribution >= 0.6 is 0 Å². The van der Waals surface area contributed by atoms with E-state index in [-0.39, 0.29) is 0 Å². The molecule has 1 nitrogen and oxygen atoms in total. The Labute approximate surface area is 95.3 Å². The van der Waals surface area contributed by atoms with E-state index in [9.17, 15) is 0 Å². The first-order chi connectivity index (χ1) is 7.00. The van der Waals surface area contributed by atoms with Crippen LogP contribution in [-0.4, -0.2) is 12.6 Å². The number of hydrogen-bond donors (Lipinski definition) is 1. The lowest BCUT2D eigenvalue weighted by atomic mass is 9.74. The van der Waals surface area contributed by atoms with Gasteiger partial charge in [-0.3, -0.25) is 0 Å². The maximum absolute atomic E-state index is 3.97. The van der Waals surface area contributed by atoms with E-state index in [0.717, 1.165) is 24.3 Å². The third-order valence-electron chi connectivity index (χ3n) is 3.69. The fraction of sp³-hybridized carbons (Fsp3) is 0.857. The molecule has 0 aliphatic heterocycles. The molecular formula is C14H27N. The SMILES string of the molecule is C=C(C)CNC1CC(C)CCC1C(C)C. The van der Waals surface area contributed by atoms with Gasteiger partial charge < -0.3 is 5.32 Å². The first-order valence-electron chi connectivity index (χ1n) is 6.38. The molecule has 88 valence electrons. The molecule has 0 aromatic rings. The van der Waals surface area contributed by atoms with Gasteiger partial charge in [0.1, 0.15) is 0 Å². The summed E-state index contributed by atoms with van der Waals surface area (Å²) in [5.41, 5.74) is 1.25. The fourth-order valence-corrected chi connectivity index (χ4v) is 2.74. The Morgan fingerprint density at radius 2 is 2.07 bits per heavy atom. The van der Waals surface area contributed by atoms with E-state index in [0.29, 0.717) is 6.04 Å². The highest BCUT2D eigenvalue weighted by Crippen LogP contribution is 2.33. The van der Waals surface area contributed by atoms with Crippen molar-refractivity contribution in [3.63, 3.8) is 0 Å². The maximum Gasteiger partial charge on any atom is 0.0161 e. The van der Waals surface area contributed by atoms with Crippen LogP contribution in [0.3, 0.4) is 0 Å². The molecule has 1 aliphatic carbocycles. The molecule has 0 aromatic heterocycles. The Kier molecular flexibility index (Phi) is 4.85. The molecule has 3 atom stereocenters. The molecule has 0 heterocycles. The summed E-state index contributed by atoms with van der Waals surface area (Å²) in [7, 11) is 0. The van der Waals surface area contributed by atoms with Gasteiger partial charge in [0.2, 0.25) is 0 Å². The molecule has 1 saturated carbocycles. The molecule has 3 unspecified atom stereocenters. The van der Waals surface area contributed by atoms with Gasteiger partial charge in [-0.15, -0.1) is 0 Å². The molecule has 1 fully saturated rings. The van der Waals surface area contributed by atoms with Crippen LogP contribution in [0.1, 0.15) is 47.0 Å². The molecule has 0 saturated heterocycles. The molecule has 1 aliphatic rings. The smallest absolute Gasteiger partial charge is 0.0161 e. The minimum absolute atomic E-state index is 0.713. The zero-order valence-corrected chi connectivity index (χ0v) is 10.8. The molecule has 0 radical (unpaired) electrons. The van der Waals surface area contributed by atoms with E-state index in [4.69, 9.17) is 0 Å². The summed E-state index contributed by atoms with van der Waals surface area (Å²) in [6.07, 6.45) is 4.15. The average molecular weight is 209 g/mol. The van der Waals surface area contributed by atoms with Gasteiger partial charge in [0.05, 0.1) is 0 Å². The van der Waals surface area contributed by atoms with Crippen molar-refractivity contribution in [2.75, 3.05) is 6.54 Å². The topological polar surface area (TPSA) is 12.0 Å². The zero-order valence-electron chi connectivity index (χ0n) is 10.8. The van der Waals surface area contributed by atoms with Crippen LogP contribution in [0.2, 0.25) is 0 Å². The number of nitrogens with one attached hydrogen (secondary N) is 1. The summed E-state index contributed by atoms with van der Waals surface area (Å²) < 4.78 is 0. The maximum atomic E-state index is 3.97. The standard InChI is InChI=1S/C14H27N/c1-10(2)9-15-14-8-12(5)6-7-13(14)11(3)4/h11-15H,1,6-9H2,2-5H3. The van der Waals surface area contributed by atoms with Gasteiger partial charge in [0.25, 0.3) is 0 Å². The first kappa shape index (κ1) is 12.8. The van der Waals surface area contributed by atoms with E-state index < -0.39 is 0 Å². The van der Waals surface area contributed by atoms with Crippen molar-refractivity contribution in [3.05, 3.63) is 12.2 Å². The molecular weight excluding hydrogens is 182 g/mol. The van der Waals surface area contributed by atoms with Gasteiger partial charge in [0, 0.05) is 12.6 Å². The minimum Gasteiger partial charge on any atom is -0.310 e. The highest BCUT2D eigenvalue weighted by atomic mass is 14.9. The predicted octanol–water partition coefficient (Wildman–Crippen LogP) is 3.61. The Balaban J connectivity index is 2.50. The minimum atomic E-state index is 0.713. The van der Waals surface area contributed by atoms with Crippen LogP contribution in [0.5, 0.6) is 0 Å². The molecule has 1 heteroatoms. The van der Waals surface area contributed by atoms with Gasteiger partial charge in [-0.25, -0.2) is 0 Å². The largest absolute Gasteiger partial charge is 0.310 e. The molecule has 0 spiro atoms. The average Bonchev–Trinajstić information content (AvgIpc) is 2.14. The van der Waals surface area contributed by atoms with Crippen molar-refractivity contribution in [3.8, 4) is 0 Å². The van der Waals surface area contributed by atoms with Gasteiger partial charge in [-0.05, 0) is 37.5 Å². The monoisotopic (exact) mass is 209 g/mol. The second kappa shape index (κ2) is 5.69. The summed E-state index contributed by atoms with van der Waals surface area (Å²) >= 11 is 0. The van der Waals surface area contributed by atoms with Gasteiger partial charge in [-0.2, -0.15) is 0 Å². The van der Waals surface area contributed by atoms with Crippen LogP contribution in [0.15, 0.2) is 12.2 Å². The lowest BCUT2D eigenvalue weighted by Crippen LogP contribution is -2.43.